The average Bonchev–Trinajstić information content (AvgIpc) is 4.05. The molecule has 0 saturated heterocycles. The number of aromatic nitrogens is 1. The summed E-state index contributed by atoms with van der Waals surface area (Å²) in [6.45, 7) is 4.08. The lowest BCUT2D eigenvalue weighted by Crippen LogP contribution is -2.39. The molecule has 3 aromatic rings. The molecule has 0 bridgehead atoms. The Labute approximate surface area is 346 Å². The predicted octanol–water partition coefficient (Wildman–Crippen LogP) is 7.21. The fraction of sp³-hybridized carbons (Fsp3) is 0.487. The monoisotopic (exact) mass is 871 g/mol. The van der Waals surface area contributed by atoms with Gasteiger partial charge >= 0.3 is 24.5 Å². The minimum Gasteiger partial charge on any atom is -0.755 e. The summed E-state index contributed by atoms with van der Waals surface area (Å²) in [7, 11) is 0. The number of ether oxygens (including phenoxy) is 6. The van der Waals surface area contributed by atoms with E-state index >= 15 is 0 Å². The molecule has 0 spiro atoms. The van der Waals surface area contributed by atoms with E-state index in [2.05, 4.69) is 4.74 Å². The first-order chi connectivity index (χ1) is 27.2. The standard InChI is InChI=1S/C39H44Cl2F2N2O12S/c1-38(2,3)56-34(46)19-45(58(50)51)29-12-10-25(15-32(29)52-20-22-6-7-22)35(47)57-39(4,5)36(48)54-31(16-26-27(40)17-44(49)18-28(26)41)24-11-13-30(55-37(42)43)33(14-24)53-21-23-8-9-23/h10-15,17-18,22-23,31,37H,6-9,16,19-21H2,1-5H3,(H,50,51)/p-1. The quantitative estimate of drug-likeness (QED) is 0.0390. The lowest BCUT2D eigenvalue weighted by Gasteiger charge is -2.29. The van der Waals surface area contributed by atoms with Crippen LogP contribution in [0.15, 0.2) is 48.8 Å². The van der Waals surface area contributed by atoms with Crippen molar-refractivity contribution in [2.75, 3.05) is 24.1 Å². The van der Waals surface area contributed by atoms with E-state index in [9.17, 15) is 37.1 Å². The highest BCUT2D eigenvalue weighted by molar-refractivity contribution is 7.80. The Morgan fingerprint density at radius 2 is 1.50 bits per heavy atom. The number of hydrogen-bond acceptors (Lipinski definition) is 12. The van der Waals surface area contributed by atoms with Gasteiger partial charge in [0.1, 0.15) is 34.0 Å². The van der Waals surface area contributed by atoms with Crippen LogP contribution < -0.4 is 23.2 Å². The van der Waals surface area contributed by atoms with E-state index < -0.39 is 59.6 Å². The first-order valence-corrected chi connectivity index (χ1v) is 20.1. The zero-order valence-corrected chi connectivity index (χ0v) is 34.6. The summed E-state index contributed by atoms with van der Waals surface area (Å²) in [5.41, 5.74) is -2.56. The van der Waals surface area contributed by atoms with Gasteiger partial charge in [0.25, 0.3) is 0 Å². The first kappa shape index (κ1) is 44.6. The maximum absolute atomic E-state index is 13.9. The second-order valence-corrected chi connectivity index (χ2v) is 17.1. The maximum atomic E-state index is 13.9. The molecule has 0 N–H and O–H groups in total. The van der Waals surface area contributed by atoms with Crippen molar-refractivity contribution in [3.05, 3.63) is 80.7 Å². The van der Waals surface area contributed by atoms with Crippen molar-refractivity contribution in [3.63, 3.8) is 0 Å². The van der Waals surface area contributed by atoms with Gasteiger partial charge in [0.2, 0.25) is 5.60 Å². The fourth-order valence-electron chi connectivity index (χ4n) is 5.43. The number of anilines is 1. The third kappa shape index (κ3) is 12.8. The molecule has 0 radical (unpaired) electrons. The molecule has 19 heteroatoms. The van der Waals surface area contributed by atoms with Crippen LogP contribution in [0.5, 0.6) is 17.2 Å². The lowest BCUT2D eigenvalue weighted by molar-refractivity contribution is -0.605. The van der Waals surface area contributed by atoms with Gasteiger partial charge in [-0.3, -0.25) is 13.3 Å². The molecule has 5 rings (SSSR count). The number of carbonyl (C=O) groups is 3. The van der Waals surface area contributed by atoms with Crippen molar-refractivity contribution >= 4 is 58.1 Å². The molecule has 58 heavy (non-hydrogen) atoms. The normalized spacial score (nSPS) is 15.3. The summed E-state index contributed by atoms with van der Waals surface area (Å²) in [4.78, 5) is 40.1. The van der Waals surface area contributed by atoms with Gasteiger partial charge in [-0.2, -0.15) is 13.5 Å². The number of rotatable bonds is 19. The Balaban J connectivity index is 1.41. The van der Waals surface area contributed by atoms with Gasteiger partial charge in [-0.05, 0) is 108 Å². The lowest BCUT2D eigenvalue weighted by atomic mass is 10.0. The van der Waals surface area contributed by atoms with Gasteiger partial charge in [0.05, 0.1) is 24.5 Å². The van der Waals surface area contributed by atoms with E-state index in [0.29, 0.717) is 4.73 Å². The Morgan fingerprint density at radius 3 is 2.05 bits per heavy atom. The van der Waals surface area contributed by atoms with E-state index in [1.165, 1.54) is 50.2 Å². The molecule has 2 aromatic carbocycles. The topological polar surface area (TPSA) is 177 Å². The van der Waals surface area contributed by atoms with E-state index in [-0.39, 0.29) is 81.1 Å². The summed E-state index contributed by atoms with van der Waals surface area (Å²) in [6.07, 6.45) is 4.26. The van der Waals surface area contributed by atoms with Gasteiger partial charge in [-0.15, -0.1) is 0 Å². The number of alkyl halides is 2. The predicted molar refractivity (Wildman–Crippen MR) is 206 cm³/mol. The number of esters is 3. The van der Waals surface area contributed by atoms with Crippen molar-refractivity contribution in [3.8, 4) is 17.2 Å². The van der Waals surface area contributed by atoms with Crippen LogP contribution in [0.25, 0.3) is 0 Å². The molecule has 2 aliphatic rings. The van der Waals surface area contributed by atoms with Crippen LogP contribution in [-0.4, -0.2) is 64.2 Å². The molecular weight excluding hydrogens is 829 g/mol. The molecular formula is C39H43Cl2F2N2O12S-. The molecule has 2 aliphatic carbocycles. The largest absolute Gasteiger partial charge is 0.755 e. The molecule has 0 amide bonds. The molecule has 1 heterocycles. The number of nitrogens with zero attached hydrogens (tertiary/aromatic N) is 2. The Morgan fingerprint density at radius 1 is 0.897 bits per heavy atom. The summed E-state index contributed by atoms with van der Waals surface area (Å²) >= 11 is 9.79. The van der Waals surface area contributed by atoms with Crippen LogP contribution in [0.1, 0.15) is 87.9 Å². The Bertz CT molecular complexity index is 2000. The van der Waals surface area contributed by atoms with Gasteiger partial charge in [0, 0.05) is 23.3 Å². The zero-order valence-electron chi connectivity index (χ0n) is 32.3. The molecule has 0 aliphatic heterocycles. The van der Waals surface area contributed by atoms with Crippen LogP contribution in [0.4, 0.5) is 14.5 Å². The first-order valence-electron chi connectivity index (χ1n) is 18.3. The molecule has 1 aromatic heterocycles. The minimum atomic E-state index is -3.15. The maximum Gasteiger partial charge on any atom is 0.387 e. The highest BCUT2D eigenvalue weighted by atomic mass is 35.5. The van der Waals surface area contributed by atoms with Gasteiger partial charge in [-0.1, -0.05) is 29.3 Å². The third-order valence-electron chi connectivity index (χ3n) is 8.77. The molecule has 14 nitrogen and oxygen atoms in total. The molecule has 316 valence electrons. The molecule has 2 atom stereocenters. The van der Waals surface area contributed by atoms with Crippen LogP contribution >= 0.6 is 23.2 Å². The Hall–Kier alpha value is -4.45. The smallest absolute Gasteiger partial charge is 0.387 e. The van der Waals surface area contributed by atoms with Crippen LogP contribution in [0, 0.1) is 17.0 Å². The van der Waals surface area contributed by atoms with E-state index in [1.54, 1.807) is 20.8 Å². The van der Waals surface area contributed by atoms with Gasteiger partial charge < -0.3 is 38.2 Å². The zero-order chi connectivity index (χ0) is 42.5. The van der Waals surface area contributed by atoms with Crippen molar-refractivity contribution in [1.82, 2.24) is 0 Å². The van der Waals surface area contributed by atoms with Crippen molar-refractivity contribution in [2.24, 2.45) is 11.8 Å². The van der Waals surface area contributed by atoms with Crippen LogP contribution in [-0.2, 0) is 41.5 Å². The third-order valence-corrected chi connectivity index (χ3v) is 10.1. The van der Waals surface area contributed by atoms with Gasteiger partial charge in [-0.25, -0.2) is 9.59 Å². The molecule has 2 fully saturated rings. The number of carbonyl (C=O) groups excluding carboxylic acids is 3. The number of halogens is 4. The molecule has 2 saturated carbocycles. The summed E-state index contributed by atoms with van der Waals surface area (Å²) < 4.78 is 85.7. The van der Waals surface area contributed by atoms with Crippen molar-refractivity contribution in [1.29, 1.82) is 0 Å². The van der Waals surface area contributed by atoms with Crippen molar-refractivity contribution in [2.45, 2.75) is 90.6 Å². The number of benzene rings is 2. The number of hydrogen-bond donors (Lipinski definition) is 0. The second-order valence-electron chi connectivity index (χ2n) is 15.4. The average molecular weight is 873 g/mol. The summed E-state index contributed by atoms with van der Waals surface area (Å²) in [6, 6.07) is 7.74. The van der Waals surface area contributed by atoms with Crippen LogP contribution in [0.3, 0.4) is 0 Å². The minimum absolute atomic E-state index is 0.0345. The highest BCUT2D eigenvalue weighted by Crippen LogP contribution is 2.39. The molecule has 2 unspecified atom stereocenters. The fourth-order valence-corrected chi connectivity index (χ4v) is 6.55. The van der Waals surface area contributed by atoms with E-state index in [1.807, 2.05) is 0 Å². The summed E-state index contributed by atoms with van der Waals surface area (Å²) in [5.74, 6) is -2.73. The highest BCUT2D eigenvalue weighted by Gasteiger charge is 2.38. The van der Waals surface area contributed by atoms with Crippen molar-refractivity contribution < 1.29 is 65.1 Å². The second kappa shape index (κ2) is 18.6. The Kier molecular flexibility index (Phi) is 14.4. The van der Waals surface area contributed by atoms with E-state index in [0.717, 1.165) is 42.4 Å². The van der Waals surface area contributed by atoms with E-state index in [4.69, 9.17) is 46.9 Å². The number of pyridine rings is 1. The van der Waals surface area contributed by atoms with Gasteiger partial charge in [0.15, 0.2) is 23.9 Å². The van der Waals surface area contributed by atoms with Crippen LogP contribution in [0.2, 0.25) is 10.0 Å². The summed E-state index contributed by atoms with van der Waals surface area (Å²) in [5, 5.41) is 11.9. The SMILES string of the molecule is CC(C)(C)OC(=O)CN(c1ccc(C(=O)OC(C)(C)C(=O)OC(Cc2c(Cl)c[n+]([O-])cc2Cl)c2ccc(OC(F)F)c(OCC3CC3)c2)cc1OCC1CC1)S(=O)[O-].